The summed E-state index contributed by atoms with van der Waals surface area (Å²) >= 11 is 0. The third-order valence-electron chi connectivity index (χ3n) is 4.07. The van der Waals surface area contributed by atoms with E-state index < -0.39 is 11.6 Å². The molecule has 1 amide bonds. The fourth-order valence-electron chi connectivity index (χ4n) is 2.75. The summed E-state index contributed by atoms with van der Waals surface area (Å²) in [7, 11) is 2.07. The van der Waals surface area contributed by atoms with Crippen molar-refractivity contribution in [2.45, 2.75) is 19.4 Å². The van der Waals surface area contributed by atoms with Gasteiger partial charge in [0.1, 0.15) is 11.6 Å². The predicted molar refractivity (Wildman–Crippen MR) is 81.6 cm³/mol. The minimum absolute atomic E-state index is 0.0239. The van der Waals surface area contributed by atoms with E-state index in [0.29, 0.717) is 12.6 Å². The van der Waals surface area contributed by atoms with Crippen LogP contribution in [-0.2, 0) is 11.2 Å². The number of nitrogens with one attached hydrogen (secondary N) is 1. The molecule has 22 heavy (non-hydrogen) atoms. The topological polar surface area (TPSA) is 35.6 Å². The SMILES string of the molecule is CC1CN(C)CCN1CC(=O)NCCc1c(F)cccc1F. The summed E-state index contributed by atoms with van der Waals surface area (Å²) in [5.41, 5.74) is 0.0239. The Kier molecular flexibility index (Phi) is 5.85. The van der Waals surface area contributed by atoms with Gasteiger partial charge in [0.05, 0.1) is 6.54 Å². The Morgan fingerprint density at radius 3 is 2.64 bits per heavy atom. The van der Waals surface area contributed by atoms with Crippen LogP contribution in [0.5, 0.6) is 0 Å². The zero-order chi connectivity index (χ0) is 16.1. The first kappa shape index (κ1) is 16.8. The summed E-state index contributed by atoms with van der Waals surface area (Å²) < 4.78 is 26.9. The van der Waals surface area contributed by atoms with Gasteiger partial charge in [-0.2, -0.15) is 0 Å². The van der Waals surface area contributed by atoms with Crippen LogP contribution in [0.3, 0.4) is 0 Å². The fourth-order valence-corrected chi connectivity index (χ4v) is 2.75. The van der Waals surface area contributed by atoms with E-state index in [9.17, 15) is 13.6 Å². The monoisotopic (exact) mass is 311 g/mol. The first-order chi connectivity index (χ1) is 10.5. The molecule has 0 spiro atoms. The Labute approximate surface area is 130 Å². The number of hydrogen-bond acceptors (Lipinski definition) is 3. The lowest BCUT2D eigenvalue weighted by Gasteiger charge is -2.37. The number of benzene rings is 1. The maximum Gasteiger partial charge on any atom is 0.234 e. The summed E-state index contributed by atoms with van der Waals surface area (Å²) in [6.07, 6.45) is 0.155. The molecule has 1 aromatic carbocycles. The van der Waals surface area contributed by atoms with Crippen LogP contribution in [0.2, 0.25) is 0 Å². The lowest BCUT2D eigenvalue weighted by atomic mass is 10.1. The summed E-state index contributed by atoms with van der Waals surface area (Å²) in [6, 6.07) is 4.12. The third kappa shape index (κ3) is 4.48. The maximum atomic E-state index is 13.5. The van der Waals surface area contributed by atoms with E-state index in [4.69, 9.17) is 0 Å². The normalized spacial score (nSPS) is 20.1. The van der Waals surface area contributed by atoms with Gasteiger partial charge in [0.15, 0.2) is 0 Å². The van der Waals surface area contributed by atoms with E-state index in [0.717, 1.165) is 19.6 Å². The molecule has 1 atom stereocenters. The number of nitrogens with zero attached hydrogens (tertiary/aromatic N) is 2. The molecule has 1 unspecified atom stereocenters. The highest BCUT2D eigenvalue weighted by Crippen LogP contribution is 2.12. The molecule has 0 radical (unpaired) electrons. The molecule has 0 saturated carbocycles. The average Bonchev–Trinajstić information content (AvgIpc) is 2.45. The molecule has 1 heterocycles. The molecule has 4 nitrogen and oxygen atoms in total. The molecule has 0 aliphatic carbocycles. The molecule has 2 rings (SSSR count). The van der Waals surface area contributed by atoms with E-state index in [1.165, 1.54) is 18.2 Å². The first-order valence-corrected chi connectivity index (χ1v) is 7.59. The number of hydrogen-bond donors (Lipinski definition) is 1. The van der Waals surface area contributed by atoms with E-state index >= 15 is 0 Å². The molecular weight excluding hydrogens is 288 g/mol. The van der Waals surface area contributed by atoms with Crippen LogP contribution >= 0.6 is 0 Å². The molecule has 1 aliphatic heterocycles. The van der Waals surface area contributed by atoms with Crippen molar-refractivity contribution in [1.82, 2.24) is 15.1 Å². The van der Waals surface area contributed by atoms with Crippen molar-refractivity contribution in [1.29, 1.82) is 0 Å². The standard InChI is InChI=1S/C16H23F2N3O/c1-12-10-20(2)8-9-21(12)11-16(22)19-7-6-13-14(17)4-3-5-15(13)18/h3-5,12H,6-11H2,1-2H3,(H,19,22). The van der Waals surface area contributed by atoms with Gasteiger partial charge >= 0.3 is 0 Å². The highest BCUT2D eigenvalue weighted by atomic mass is 19.1. The summed E-state index contributed by atoms with van der Waals surface area (Å²) in [4.78, 5) is 16.3. The van der Waals surface area contributed by atoms with E-state index in [1.54, 1.807) is 0 Å². The fraction of sp³-hybridized carbons (Fsp3) is 0.562. The number of likely N-dealkylation sites (N-methyl/N-ethyl adjacent to an activating group) is 1. The number of halogens is 2. The zero-order valence-electron chi connectivity index (χ0n) is 13.1. The molecule has 1 N–H and O–H groups in total. The van der Waals surface area contributed by atoms with Crippen molar-refractivity contribution in [3.63, 3.8) is 0 Å². The highest BCUT2D eigenvalue weighted by molar-refractivity contribution is 5.78. The second kappa shape index (κ2) is 7.65. The van der Waals surface area contributed by atoms with Gasteiger partial charge in [-0.25, -0.2) is 8.78 Å². The Morgan fingerprint density at radius 2 is 2.00 bits per heavy atom. The Morgan fingerprint density at radius 1 is 1.32 bits per heavy atom. The van der Waals surface area contributed by atoms with Crippen molar-refractivity contribution in [2.24, 2.45) is 0 Å². The summed E-state index contributed by atoms with van der Waals surface area (Å²) in [6.45, 7) is 5.39. The van der Waals surface area contributed by atoms with Gasteiger partial charge < -0.3 is 10.2 Å². The van der Waals surface area contributed by atoms with Gasteiger partial charge in [-0.15, -0.1) is 0 Å². The Bertz CT molecular complexity index is 504. The smallest absolute Gasteiger partial charge is 0.234 e. The quantitative estimate of drug-likeness (QED) is 0.889. The lowest BCUT2D eigenvalue weighted by molar-refractivity contribution is -0.123. The first-order valence-electron chi connectivity index (χ1n) is 7.59. The number of carbonyl (C=O) groups excluding carboxylic acids is 1. The minimum Gasteiger partial charge on any atom is -0.355 e. The Hall–Kier alpha value is -1.53. The third-order valence-corrected chi connectivity index (χ3v) is 4.07. The van der Waals surface area contributed by atoms with E-state index in [1.807, 2.05) is 0 Å². The molecule has 1 fully saturated rings. The minimum atomic E-state index is -0.568. The number of amides is 1. The average molecular weight is 311 g/mol. The van der Waals surface area contributed by atoms with E-state index in [-0.39, 0.29) is 24.4 Å². The van der Waals surface area contributed by atoms with Gasteiger partial charge in [0, 0.05) is 37.8 Å². The van der Waals surface area contributed by atoms with Crippen molar-refractivity contribution < 1.29 is 13.6 Å². The van der Waals surface area contributed by atoms with Crippen LogP contribution in [0.1, 0.15) is 12.5 Å². The molecule has 1 saturated heterocycles. The molecule has 1 aliphatic rings. The van der Waals surface area contributed by atoms with Crippen LogP contribution in [0, 0.1) is 11.6 Å². The summed E-state index contributed by atoms with van der Waals surface area (Å²) in [5.74, 6) is -1.24. The van der Waals surface area contributed by atoms with Crippen LogP contribution in [0.15, 0.2) is 18.2 Å². The van der Waals surface area contributed by atoms with E-state index in [2.05, 4.69) is 29.1 Å². The zero-order valence-corrected chi connectivity index (χ0v) is 13.1. The number of rotatable bonds is 5. The van der Waals surface area contributed by atoms with Gasteiger partial charge in [-0.05, 0) is 32.5 Å². The van der Waals surface area contributed by atoms with Crippen LogP contribution in [-0.4, -0.2) is 61.5 Å². The summed E-state index contributed by atoms with van der Waals surface area (Å²) in [5, 5.41) is 2.74. The predicted octanol–water partition coefficient (Wildman–Crippen LogP) is 1.26. The van der Waals surface area contributed by atoms with Crippen LogP contribution in [0.4, 0.5) is 8.78 Å². The lowest BCUT2D eigenvalue weighted by Crippen LogP contribution is -2.53. The molecule has 1 aromatic rings. The van der Waals surface area contributed by atoms with Crippen molar-refractivity contribution >= 4 is 5.91 Å². The van der Waals surface area contributed by atoms with Crippen molar-refractivity contribution in [3.8, 4) is 0 Å². The van der Waals surface area contributed by atoms with Gasteiger partial charge in [-0.1, -0.05) is 6.07 Å². The van der Waals surface area contributed by atoms with Crippen molar-refractivity contribution in [3.05, 3.63) is 35.4 Å². The maximum absolute atomic E-state index is 13.5. The Balaban J connectivity index is 1.76. The molecule has 122 valence electrons. The number of piperazine rings is 1. The molecule has 6 heteroatoms. The van der Waals surface area contributed by atoms with Crippen molar-refractivity contribution in [2.75, 3.05) is 39.8 Å². The highest BCUT2D eigenvalue weighted by Gasteiger charge is 2.23. The molecule has 0 bridgehead atoms. The molecular formula is C16H23F2N3O. The molecule has 0 aromatic heterocycles. The largest absolute Gasteiger partial charge is 0.355 e. The van der Waals surface area contributed by atoms with Crippen LogP contribution in [0.25, 0.3) is 0 Å². The van der Waals surface area contributed by atoms with Gasteiger partial charge in [-0.3, -0.25) is 9.69 Å². The number of carbonyl (C=O) groups is 1. The second-order valence-corrected chi connectivity index (χ2v) is 5.88. The van der Waals surface area contributed by atoms with Gasteiger partial charge in [0.25, 0.3) is 0 Å². The van der Waals surface area contributed by atoms with Crippen LogP contribution < -0.4 is 5.32 Å². The van der Waals surface area contributed by atoms with Gasteiger partial charge in [0.2, 0.25) is 5.91 Å². The second-order valence-electron chi connectivity index (χ2n) is 5.88.